The van der Waals surface area contributed by atoms with E-state index in [1.54, 1.807) is 11.3 Å². The van der Waals surface area contributed by atoms with Crippen LogP contribution >= 0.6 is 11.3 Å². The van der Waals surface area contributed by atoms with Crippen LogP contribution < -0.4 is 10.6 Å². The van der Waals surface area contributed by atoms with Crippen LogP contribution in [0.4, 0.5) is 5.13 Å². The van der Waals surface area contributed by atoms with Crippen molar-refractivity contribution in [3.05, 3.63) is 23.8 Å². The zero-order valence-electron chi connectivity index (χ0n) is 9.99. The van der Waals surface area contributed by atoms with Crippen LogP contribution in [0.15, 0.2) is 18.2 Å². The van der Waals surface area contributed by atoms with Crippen LogP contribution in [0, 0.1) is 0 Å². The summed E-state index contributed by atoms with van der Waals surface area (Å²) in [5.74, 6) is 0. The molecule has 2 heterocycles. The Labute approximate surface area is 105 Å². The summed E-state index contributed by atoms with van der Waals surface area (Å²) in [5, 5.41) is 7.95. The smallest absolute Gasteiger partial charge is 0.184 e. The van der Waals surface area contributed by atoms with Crippen LogP contribution in [-0.4, -0.2) is 24.1 Å². The summed E-state index contributed by atoms with van der Waals surface area (Å²) in [6, 6.07) is 6.99. The van der Waals surface area contributed by atoms with Gasteiger partial charge in [-0.3, -0.25) is 0 Å². The first-order valence-corrected chi connectivity index (χ1v) is 7.04. The van der Waals surface area contributed by atoms with Gasteiger partial charge in [0.15, 0.2) is 5.13 Å². The van der Waals surface area contributed by atoms with E-state index in [0.717, 1.165) is 24.6 Å². The average molecular weight is 247 g/mol. The second-order valence-corrected chi connectivity index (χ2v) is 5.50. The minimum Gasteiger partial charge on any atom is -0.357 e. The molecule has 1 aromatic carbocycles. The van der Waals surface area contributed by atoms with Gasteiger partial charge < -0.3 is 10.6 Å². The number of fused-ring (bicyclic) bond motifs is 1. The molecule has 3 nitrogen and oxygen atoms in total. The summed E-state index contributed by atoms with van der Waals surface area (Å²) in [7, 11) is 0. The third kappa shape index (κ3) is 2.15. The molecule has 17 heavy (non-hydrogen) atoms. The predicted molar refractivity (Wildman–Crippen MR) is 73.9 cm³/mol. The van der Waals surface area contributed by atoms with E-state index < -0.39 is 0 Å². The maximum Gasteiger partial charge on any atom is 0.184 e. The molecule has 4 heteroatoms. The highest BCUT2D eigenvalue weighted by Gasteiger charge is 2.16. The van der Waals surface area contributed by atoms with E-state index in [-0.39, 0.29) is 0 Å². The molecule has 1 aromatic heterocycles. The molecule has 1 fully saturated rings. The Bertz CT molecular complexity index is 514. The molecule has 1 aliphatic heterocycles. The van der Waals surface area contributed by atoms with E-state index >= 15 is 0 Å². The van der Waals surface area contributed by atoms with Gasteiger partial charge in [-0.2, -0.15) is 0 Å². The zero-order valence-corrected chi connectivity index (χ0v) is 10.8. The van der Waals surface area contributed by atoms with Gasteiger partial charge in [0.1, 0.15) is 0 Å². The third-order valence-electron chi connectivity index (χ3n) is 3.27. The summed E-state index contributed by atoms with van der Waals surface area (Å²) in [6.07, 6.45) is 2.24. The van der Waals surface area contributed by atoms with Gasteiger partial charge in [-0.15, -0.1) is 0 Å². The summed E-state index contributed by atoms with van der Waals surface area (Å²) in [6.45, 7) is 4.35. The Balaban J connectivity index is 1.90. The third-order valence-corrected chi connectivity index (χ3v) is 4.22. The highest BCUT2D eigenvalue weighted by atomic mass is 32.1. The van der Waals surface area contributed by atoms with E-state index in [9.17, 15) is 0 Å². The molecule has 1 aliphatic rings. The number of hydrogen-bond acceptors (Lipinski definition) is 4. The Morgan fingerprint density at radius 3 is 3.24 bits per heavy atom. The SMILES string of the molecule is CCc1cccc2sc(NC3CCNC3)nc12. The van der Waals surface area contributed by atoms with Crippen molar-refractivity contribution in [1.82, 2.24) is 10.3 Å². The van der Waals surface area contributed by atoms with Gasteiger partial charge in [0, 0.05) is 12.6 Å². The van der Waals surface area contributed by atoms with Crippen molar-refractivity contribution in [2.75, 3.05) is 18.4 Å². The van der Waals surface area contributed by atoms with Gasteiger partial charge in [-0.1, -0.05) is 30.4 Å². The van der Waals surface area contributed by atoms with Gasteiger partial charge in [0.25, 0.3) is 0 Å². The summed E-state index contributed by atoms with van der Waals surface area (Å²) in [4.78, 5) is 4.73. The highest BCUT2D eigenvalue weighted by molar-refractivity contribution is 7.22. The molecule has 3 rings (SSSR count). The number of nitrogens with zero attached hydrogens (tertiary/aromatic N) is 1. The number of nitrogens with one attached hydrogen (secondary N) is 2. The lowest BCUT2D eigenvalue weighted by Gasteiger charge is -2.08. The number of aromatic nitrogens is 1. The lowest BCUT2D eigenvalue weighted by Crippen LogP contribution is -2.21. The Hall–Kier alpha value is -1.13. The van der Waals surface area contributed by atoms with Crippen molar-refractivity contribution >= 4 is 26.7 Å². The molecule has 0 spiro atoms. The molecule has 1 saturated heterocycles. The molecule has 0 saturated carbocycles. The van der Waals surface area contributed by atoms with Crippen LogP contribution in [0.5, 0.6) is 0 Å². The first-order chi connectivity index (χ1) is 8.36. The van der Waals surface area contributed by atoms with Crippen molar-refractivity contribution in [3.8, 4) is 0 Å². The van der Waals surface area contributed by atoms with Gasteiger partial charge in [0.2, 0.25) is 0 Å². The minimum absolute atomic E-state index is 0.542. The van der Waals surface area contributed by atoms with Gasteiger partial charge in [-0.05, 0) is 31.0 Å². The van der Waals surface area contributed by atoms with Crippen LogP contribution in [0.1, 0.15) is 18.9 Å². The molecule has 2 N–H and O–H groups in total. The molecule has 1 atom stereocenters. The Morgan fingerprint density at radius 1 is 1.53 bits per heavy atom. The van der Waals surface area contributed by atoms with Gasteiger partial charge in [0.05, 0.1) is 10.2 Å². The van der Waals surface area contributed by atoms with Crippen LogP contribution in [0.25, 0.3) is 10.2 Å². The fourth-order valence-corrected chi connectivity index (χ4v) is 3.30. The zero-order chi connectivity index (χ0) is 11.7. The van der Waals surface area contributed by atoms with Crippen molar-refractivity contribution in [3.63, 3.8) is 0 Å². The number of benzene rings is 1. The number of rotatable bonds is 3. The molecule has 0 amide bonds. The molecule has 0 radical (unpaired) electrons. The first-order valence-electron chi connectivity index (χ1n) is 6.22. The number of anilines is 1. The summed E-state index contributed by atoms with van der Waals surface area (Å²) < 4.78 is 1.29. The number of para-hydroxylation sites is 1. The molecule has 1 unspecified atom stereocenters. The van der Waals surface area contributed by atoms with E-state index in [1.807, 2.05) is 0 Å². The fraction of sp³-hybridized carbons (Fsp3) is 0.462. The maximum atomic E-state index is 4.73. The van der Waals surface area contributed by atoms with E-state index in [4.69, 9.17) is 4.98 Å². The van der Waals surface area contributed by atoms with E-state index in [0.29, 0.717) is 6.04 Å². The second kappa shape index (κ2) is 4.63. The normalized spacial score (nSPS) is 19.9. The standard InChI is InChI=1S/C13H17N3S/c1-2-9-4-3-5-11-12(9)16-13(17-11)15-10-6-7-14-8-10/h3-5,10,14H,2,6-8H2,1H3,(H,15,16). The quantitative estimate of drug-likeness (QED) is 0.875. The van der Waals surface area contributed by atoms with Crippen LogP contribution in [-0.2, 0) is 6.42 Å². The second-order valence-electron chi connectivity index (χ2n) is 4.47. The van der Waals surface area contributed by atoms with Crippen molar-refractivity contribution in [1.29, 1.82) is 0 Å². The minimum atomic E-state index is 0.542. The maximum absolute atomic E-state index is 4.73. The molecular weight excluding hydrogens is 230 g/mol. The largest absolute Gasteiger partial charge is 0.357 e. The topological polar surface area (TPSA) is 37.0 Å². The number of thiazole rings is 1. The Morgan fingerprint density at radius 2 is 2.47 bits per heavy atom. The monoisotopic (exact) mass is 247 g/mol. The Kier molecular flexibility index (Phi) is 2.99. The molecular formula is C13H17N3S. The molecule has 0 bridgehead atoms. The van der Waals surface area contributed by atoms with E-state index in [2.05, 4.69) is 35.8 Å². The fourth-order valence-electron chi connectivity index (χ4n) is 2.31. The summed E-state index contributed by atoms with van der Waals surface area (Å²) >= 11 is 1.76. The molecule has 0 aliphatic carbocycles. The predicted octanol–water partition coefficient (Wildman–Crippen LogP) is 2.63. The first kappa shape index (κ1) is 11.0. The lowest BCUT2D eigenvalue weighted by atomic mass is 10.1. The molecule has 90 valence electrons. The van der Waals surface area contributed by atoms with Gasteiger partial charge >= 0.3 is 0 Å². The lowest BCUT2D eigenvalue weighted by molar-refractivity contribution is 0.792. The van der Waals surface area contributed by atoms with Crippen LogP contribution in [0.3, 0.4) is 0 Å². The highest BCUT2D eigenvalue weighted by Crippen LogP contribution is 2.29. The van der Waals surface area contributed by atoms with Crippen molar-refractivity contribution in [2.24, 2.45) is 0 Å². The van der Waals surface area contributed by atoms with E-state index in [1.165, 1.54) is 22.2 Å². The van der Waals surface area contributed by atoms with Crippen molar-refractivity contribution in [2.45, 2.75) is 25.8 Å². The van der Waals surface area contributed by atoms with Crippen LogP contribution in [0.2, 0.25) is 0 Å². The molecule has 2 aromatic rings. The van der Waals surface area contributed by atoms with Gasteiger partial charge in [-0.25, -0.2) is 4.98 Å². The average Bonchev–Trinajstić information content (AvgIpc) is 2.97. The number of aryl methyl sites for hydroxylation is 1. The number of hydrogen-bond donors (Lipinski definition) is 2. The summed E-state index contributed by atoms with van der Waals surface area (Å²) in [5.41, 5.74) is 2.52. The van der Waals surface area contributed by atoms with Crippen molar-refractivity contribution < 1.29 is 0 Å².